The van der Waals surface area contributed by atoms with Gasteiger partial charge in [0.1, 0.15) is 5.75 Å². The molecule has 4 nitrogen and oxygen atoms in total. The zero-order chi connectivity index (χ0) is 13.0. The molecule has 1 aromatic rings. The molecule has 1 saturated heterocycles. The number of para-hydroxylation sites is 2. The van der Waals surface area contributed by atoms with E-state index in [1.807, 2.05) is 24.3 Å². The summed E-state index contributed by atoms with van der Waals surface area (Å²) in [6.07, 6.45) is 0.970. The van der Waals surface area contributed by atoms with E-state index in [9.17, 15) is 4.79 Å². The number of methoxy groups -OCH3 is 1. The molecule has 0 aliphatic carbocycles. The molecular weight excluding hydrogens is 248 g/mol. The Hall–Kier alpha value is -1.49. The topological polar surface area (TPSA) is 41.9 Å². The van der Waals surface area contributed by atoms with E-state index in [0.29, 0.717) is 11.5 Å². The molecule has 18 heavy (non-hydrogen) atoms. The molecule has 1 amide bonds. The van der Waals surface area contributed by atoms with Crippen molar-refractivity contribution >= 4 is 28.5 Å². The minimum absolute atomic E-state index is 0.0550. The van der Waals surface area contributed by atoms with Gasteiger partial charge < -0.3 is 4.74 Å². The maximum Gasteiger partial charge on any atom is 0.243 e. The molecule has 0 bridgehead atoms. The second-order valence-electron chi connectivity index (χ2n) is 3.85. The number of amides is 1. The number of hydrogen-bond acceptors (Lipinski definition) is 4. The van der Waals surface area contributed by atoms with Gasteiger partial charge >= 0.3 is 0 Å². The molecule has 0 N–H and O–H groups in total. The molecule has 0 unspecified atom stereocenters. The second-order valence-corrected chi connectivity index (χ2v) is 4.80. The van der Waals surface area contributed by atoms with Crippen molar-refractivity contribution in [3.63, 3.8) is 0 Å². The summed E-state index contributed by atoms with van der Waals surface area (Å²) in [5.74, 6) is 1.19. The number of carbonyl (C=O) groups excluding carboxylic acids is 1. The number of aliphatic imine (C=N–C) groups is 1. The van der Waals surface area contributed by atoms with Gasteiger partial charge in [-0.1, -0.05) is 30.8 Å². The van der Waals surface area contributed by atoms with Crippen molar-refractivity contribution in [2.45, 2.75) is 13.3 Å². The third-order valence-corrected chi connectivity index (χ3v) is 3.52. The van der Waals surface area contributed by atoms with Crippen LogP contribution in [0.15, 0.2) is 29.3 Å². The van der Waals surface area contributed by atoms with Gasteiger partial charge in [-0.2, -0.15) is 0 Å². The number of hydrogen-bond donors (Lipinski definition) is 0. The van der Waals surface area contributed by atoms with Gasteiger partial charge in [-0.3, -0.25) is 14.7 Å². The number of amidine groups is 1. The number of benzene rings is 1. The highest BCUT2D eigenvalue weighted by molar-refractivity contribution is 8.15. The number of anilines is 1. The number of rotatable bonds is 4. The Balaban J connectivity index is 2.36. The van der Waals surface area contributed by atoms with Crippen molar-refractivity contribution in [2.75, 3.05) is 24.3 Å². The van der Waals surface area contributed by atoms with Gasteiger partial charge in [0, 0.05) is 6.54 Å². The van der Waals surface area contributed by atoms with Crippen LogP contribution in [0.5, 0.6) is 5.75 Å². The van der Waals surface area contributed by atoms with Crippen molar-refractivity contribution in [3.8, 4) is 5.75 Å². The normalized spacial score (nSPS) is 17.6. The molecule has 2 rings (SSSR count). The molecule has 0 spiro atoms. The molecule has 1 heterocycles. The van der Waals surface area contributed by atoms with Crippen molar-refractivity contribution < 1.29 is 9.53 Å². The fraction of sp³-hybridized carbons (Fsp3) is 0.385. The van der Waals surface area contributed by atoms with E-state index in [2.05, 4.69) is 11.9 Å². The SMILES string of the molecule is CCCN=C1SCC(=O)N1c1ccccc1OC. The molecule has 0 radical (unpaired) electrons. The standard InChI is InChI=1S/C13H16N2O2S/c1-3-8-14-13-15(12(16)9-18-13)10-6-4-5-7-11(10)17-2/h4-7H,3,8-9H2,1-2H3. The molecule has 0 saturated carbocycles. The van der Waals surface area contributed by atoms with Crippen LogP contribution >= 0.6 is 11.8 Å². The smallest absolute Gasteiger partial charge is 0.243 e. The highest BCUT2D eigenvalue weighted by atomic mass is 32.2. The van der Waals surface area contributed by atoms with E-state index in [0.717, 1.165) is 23.8 Å². The van der Waals surface area contributed by atoms with Crippen molar-refractivity contribution in [3.05, 3.63) is 24.3 Å². The summed E-state index contributed by atoms with van der Waals surface area (Å²) in [6, 6.07) is 7.51. The van der Waals surface area contributed by atoms with Crippen molar-refractivity contribution in [2.24, 2.45) is 4.99 Å². The monoisotopic (exact) mass is 264 g/mol. The van der Waals surface area contributed by atoms with E-state index in [1.54, 1.807) is 12.0 Å². The number of carbonyl (C=O) groups is 1. The van der Waals surface area contributed by atoms with Crippen LogP contribution in [0.25, 0.3) is 0 Å². The fourth-order valence-corrected chi connectivity index (χ4v) is 2.63. The van der Waals surface area contributed by atoms with Gasteiger partial charge in [-0.05, 0) is 18.6 Å². The van der Waals surface area contributed by atoms with E-state index in [4.69, 9.17) is 4.74 Å². The average Bonchev–Trinajstić information content (AvgIpc) is 2.77. The lowest BCUT2D eigenvalue weighted by molar-refractivity contribution is -0.115. The Morgan fingerprint density at radius 2 is 2.22 bits per heavy atom. The predicted octanol–water partition coefficient (Wildman–Crippen LogP) is 2.54. The largest absolute Gasteiger partial charge is 0.495 e. The molecular formula is C13H16N2O2S. The first-order valence-corrected chi connectivity index (χ1v) is 6.89. The summed E-state index contributed by atoms with van der Waals surface area (Å²) in [7, 11) is 1.61. The Bertz CT molecular complexity index is 474. The lowest BCUT2D eigenvalue weighted by Crippen LogP contribution is -2.29. The van der Waals surface area contributed by atoms with Crippen LogP contribution in [0.1, 0.15) is 13.3 Å². The number of thioether (sulfide) groups is 1. The predicted molar refractivity (Wildman–Crippen MR) is 75.5 cm³/mol. The van der Waals surface area contributed by atoms with Gasteiger partial charge in [0.2, 0.25) is 5.91 Å². The van der Waals surface area contributed by atoms with E-state index >= 15 is 0 Å². The Morgan fingerprint density at radius 1 is 1.44 bits per heavy atom. The zero-order valence-electron chi connectivity index (χ0n) is 10.5. The van der Waals surface area contributed by atoms with Gasteiger partial charge in [-0.25, -0.2) is 0 Å². The van der Waals surface area contributed by atoms with Gasteiger partial charge in [0.15, 0.2) is 5.17 Å². The van der Waals surface area contributed by atoms with E-state index in [-0.39, 0.29) is 5.91 Å². The van der Waals surface area contributed by atoms with Crippen LogP contribution in [0.2, 0.25) is 0 Å². The molecule has 0 aromatic heterocycles. The first-order chi connectivity index (χ1) is 8.77. The first kappa shape index (κ1) is 13.0. The lowest BCUT2D eigenvalue weighted by atomic mass is 10.2. The Morgan fingerprint density at radius 3 is 2.94 bits per heavy atom. The van der Waals surface area contributed by atoms with Crippen LogP contribution < -0.4 is 9.64 Å². The summed E-state index contributed by atoms with van der Waals surface area (Å²) in [5.41, 5.74) is 0.768. The second kappa shape index (κ2) is 5.91. The lowest BCUT2D eigenvalue weighted by Gasteiger charge is -2.18. The van der Waals surface area contributed by atoms with Crippen molar-refractivity contribution in [1.29, 1.82) is 0 Å². The third kappa shape index (κ3) is 2.51. The van der Waals surface area contributed by atoms with Gasteiger partial charge in [0.05, 0.1) is 18.6 Å². The highest BCUT2D eigenvalue weighted by Crippen LogP contribution is 2.33. The van der Waals surface area contributed by atoms with Gasteiger partial charge in [0.25, 0.3) is 0 Å². The quantitative estimate of drug-likeness (QED) is 0.839. The molecule has 1 aromatic carbocycles. The summed E-state index contributed by atoms with van der Waals surface area (Å²) in [6.45, 7) is 2.81. The van der Waals surface area contributed by atoms with E-state index in [1.165, 1.54) is 11.8 Å². The summed E-state index contributed by atoms with van der Waals surface area (Å²) in [5, 5.41) is 0.770. The van der Waals surface area contributed by atoms with Crippen LogP contribution in [0, 0.1) is 0 Å². The molecule has 5 heteroatoms. The fourth-order valence-electron chi connectivity index (χ4n) is 1.74. The average molecular weight is 264 g/mol. The molecule has 96 valence electrons. The summed E-state index contributed by atoms with van der Waals surface area (Å²) >= 11 is 1.48. The zero-order valence-corrected chi connectivity index (χ0v) is 11.4. The maximum atomic E-state index is 12.0. The van der Waals surface area contributed by atoms with Gasteiger partial charge in [-0.15, -0.1) is 0 Å². The summed E-state index contributed by atoms with van der Waals surface area (Å²) < 4.78 is 5.30. The first-order valence-electron chi connectivity index (χ1n) is 5.91. The molecule has 1 aliphatic rings. The van der Waals surface area contributed by atoms with Crippen LogP contribution in [-0.2, 0) is 4.79 Å². The Kier molecular flexibility index (Phi) is 4.25. The molecule has 1 fully saturated rings. The maximum absolute atomic E-state index is 12.0. The number of nitrogens with zero attached hydrogens (tertiary/aromatic N) is 2. The molecule has 1 aliphatic heterocycles. The third-order valence-electron chi connectivity index (χ3n) is 2.56. The molecule has 0 atom stereocenters. The number of ether oxygens (including phenoxy) is 1. The van der Waals surface area contributed by atoms with E-state index < -0.39 is 0 Å². The van der Waals surface area contributed by atoms with Crippen LogP contribution in [0.3, 0.4) is 0 Å². The minimum atomic E-state index is 0.0550. The van der Waals surface area contributed by atoms with Crippen LogP contribution in [-0.4, -0.2) is 30.5 Å². The minimum Gasteiger partial charge on any atom is -0.495 e. The summed E-state index contributed by atoms with van der Waals surface area (Å²) in [4.78, 5) is 18.1. The van der Waals surface area contributed by atoms with Crippen LogP contribution in [0.4, 0.5) is 5.69 Å². The van der Waals surface area contributed by atoms with Crippen molar-refractivity contribution in [1.82, 2.24) is 0 Å². The Labute approximate surface area is 111 Å². The highest BCUT2D eigenvalue weighted by Gasteiger charge is 2.31.